The van der Waals surface area contributed by atoms with Gasteiger partial charge < -0.3 is 10.2 Å². The Morgan fingerprint density at radius 3 is 2.61 bits per heavy atom. The molecule has 1 fully saturated rings. The van der Waals surface area contributed by atoms with Gasteiger partial charge in [0.05, 0.1) is 21.9 Å². The number of anilines is 2. The van der Waals surface area contributed by atoms with E-state index >= 15 is 0 Å². The topological polar surface area (TPSA) is 92.8 Å². The number of hydrogen-bond acceptors (Lipinski definition) is 6. The summed E-state index contributed by atoms with van der Waals surface area (Å²) in [5.41, 5.74) is 3.38. The number of imidazole rings is 1. The van der Waals surface area contributed by atoms with E-state index < -0.39 is 4.92 Å². The third-order valence-corrected chi connectivity index (χ3v) is 6.18. The first-order valence-corrected chi connectivity index (χ1v) is 10.8. The summed E-state index contributed by atoms with van der Waals surface area (Å²) < 4.78 is 1.97. The Bertz CT molecular complexity index is 1240. The van der Waals surface area contributed by atoms with Gasteiger partial charge in [-0.25, -0.2) is 4.98 Å². The molecular weight excluding hydrogens is 414 g/mol. The van der Waals surface area contributed by atoms with Gasteiger partial charge in [-0.1, -0.05) is 12.1 Å². The number of aromatic nitrogens is 2. The molecule has 0 aliphatic carbocycles. The van der Waals surface area contributed by atoms with Crippen molar-refractivity contribution in [2.24, 2.45) is 0 Å². The molecule has 0 bridgehead atoms. The lowest BCUT2D eigenvalue weighted by molar-refractivity contribution is -0.384. The van der Waals surface area contributed by atoms with Crippen LogP contribution in [0.25, 0.3) is 16.2 Å². The number of non-ortho nitro benzene ring substituents is 1. The molecule has 156 valence electrons. The minimum atomic E-state index is -0.477. The van der Waals surface area contributed by atoms with Crippen LogP contribution in [0.4, 0.5) is 17.1 Å². The maximum Gasteiger partial charge on any atom is 0.270 e. The molecule has 2 aromatic carbocycles. The maximum absolute atomic E-state index is 13.0. The monoisotopic (exact) mass is 433 g/mol. The molecule has 0 radical (unpaired) electrons. The Morgan fingerprint density at radius 1 is 1.13 bits per heavy atom. The third-order valence-electron chi connectivity index (χ3n) is 5.41. The van der Waals surface area contributed by atoms with E-state index in [-0.39, 0.29) is 11.6 Å². The summed E-state index contributed by atoms with van der Waals surface area (Å²) >= 11 is 1.57. The van der Waals surface area contributed by atoms with Crippen LogP contribution >= 0.6 is 11.3 Å². The van der Waals surface area contributed by atoms with Crippen molar-refractivity contribution in [3.05, 3.63) is 75.9 Å². The van der Waals surface area contributed by atoms with Gasteiger partial charge >= 0.3 is 0 Å². The van der Waals surface area contributed by atoms with Crippen molar-refractivity contribution in [3.8, 4) is 11.3 Å². The molecule has 9 heteroatoms. The van der Waals surface area contributed by atoms with E-state index in [0.29, 0.717) is 11.3 Å². The minimum absolute atomic E-state index is 0.0943. The van der Waals surface area contributed by atoms with Crippen LogP contribution < -0.4 is 10.2 Å². The Kier molecular flexibility index (Phi) is 4.87. The van der Waals surface area contributed by atoms with E-state index in [9.17, 15) is 14.9 Å². The number of thiazole rings is 1. The van der Waals surface area contributed by atoms with Gasteiger partial charge in [-0.15, -0.1) is 11.3 Å². The largest absolute Gasteiger partial charge is 0.371 e. The summed E-state index contributed by atoms with van der Waals surface area (Å²) in [6.07, 6.45) is 6.02. The van der Waals surface area contributed by atoms with Crippen molar-refractivity contribution in [3.63, 3.8) is 0 Å². The van der Waals surface area contributed by atoms with Gasteiger partial charge in [0.1, 0.15) is 0 Å². The molecule has 1 N–H and O–H groups in total. The van der Waals surface area contributed by atoms with E-state index in [1.54, 1.807) is 17.4 Å². The van der Waals surface area contributed by atoms with Crippen molar-refractivity contribution in [1.29, 1.82) is 0 Å². The van der Waals surface area contributed by atoms with E-state index in [4.69, 9.17) is 0 Å². The standard InChI is InChI=1S/C22H19N5O3S/c28-21(18-13-17(27(29)30)7-8-20(18)25-9-1-2-10-25)23-16-5-3-15(4-6-16)19-14-26-11-12-31-22(26)24-19/h3-8,11-14H,1-2,9-10H2,(H,23,28). The quantitative estimate of drug-likeness (QED) is 0.360. The first-order chi connectivity index (χ1) is 15.1. The number of carbonyl (C=O) groups is 1. The molecule has 0 unspecified atom stereocenters. The highest BCUT2D eigenvalue weighted by molar-refractivity contribution is 7.15. The summed E-state index contributed by atoms with van der Waals surface area (Å²) in [5, 5.41) is 16.1. The number of benzene rings is 2. The summed E-state index contributed by atoms with van der Waals surface area (Å²) in [4.78, 5) is 31.4. The van der Waals surface area contributed by atoms with Gasteiger partial charge in [0, 0.05) is 54.2 Å². The van der Waals surface area contributed by atoms with E-state index in [0.717, 1.165) is 47.8 Å². The highest BCUT2D eigenvalue weighted by Crippen LogP contribution is 2.29. The molecule has 0 spiro atoms. The van der Waals surface area contributed by atoms with Gasteiger partial charge in [-0.2, -0.15) is 0 Å². The number of fused-ring (bicyclic) bond motifs is 1. The van der Waals surface area contributed by atoms with Gasteiger partial charge in [0.15, 0.2) is 4.96 Å². The summed E-state index contributed by atoms with van der Waals surface area (Å²) in [6.45, 7) is 1.68. The summed E-state index contributed by atoms with van der Waals surface area (Å²) in [7, 11) is 0. The Morgan fingerprint density at radius 2 is 1.90 bits per heavy atom. The molecule has 8 nitrogen and oxygen atoms in total. The number of nitro groups is 1. The molecule has 4 aromatic rings. The molecule has 3 heterocycles. The number of nitrogens with zero attached hydrogens (tertiary/aromatic N) is 4. The van der Waals surface area contributed by atoms with Crippen molar-refractivity contribution >= 4 is 39.3 Å². The van der Waals surface area contributed by atoms with Gasteiger partial charge in [0.25, 0.3) is 11.6 Å². The molecule has 1 aliphatic heterocycles. The molecule has 31 heavy (non-hydrogen) atoms. The third kappa shape index (κ3) is 3.75. The Labute approximate surface area is 181 Å². The summed E-state index contributed by atoms with van der Waals surface area (Å²) in [5.74, 6) is -0.360. The van der Waals surface area contributed by atoms with Crippen LogP contribution in [0, 0.1) is 10.1 Å². The molecule has 1 aliphatic rings. The Balaban J connectivity index is 1.39. The van der Waals surface area contributed by atoms with Crippen LogP contribution in [0.2, 0.25) is 0 Å². The van der Waals surface area contributed by atoms with Crippen LogP contribution in [0.5, 0.6) is 0 Å². The predicted molar refractivity (Wildman–Crippen MR) is 121 cm³/mol. The second kappa shape index (κ2) is 7.84. The summed E-state index contributed by atoms with van der Waals surface area (Å²) in [6, 6.07) is 11.9. The average molecular weight is 433 g/mol. The van der Waals surface area contributed by atoms with Gasteiger partial charge in [-0.05, 0) is 31.0 Å². The first kappa shape index (κ1) is 19.3. The fraction of sp³-hybridized carbons (Fsp3) is 0.182. The predicted octanol–water partition coefficient (Wildman–Crippen LogP) is 4.82. The Hall–Kier alpha value is -3.72. The fourth-order valence-electron chi connectivity index (χ4n) is 3.84. The van der Waals surface area contributed by atoms with Crippen LogP contribution in [-0.4, -0.2) is 33.3 Å². The van der Waals surface area contributed by atoms with Crippen molar-refractivity contribution < 1.29 is 9.72 Å². The van der Waals surface area contributed by atoms with Crippen molar-refractivity contribution in [2.45, 2.75) is 12.8 Å². The number of nitrogens with one attached hydrogen (secondary N) is 1. The van der Waals surface area contributed by atoms with Crippen LogP contribution in [0.3, 0.4) is 0 Å². The molecule has 1 amide bonds. The smallest absolute Gasteiger partial charge is 0.270 e. The average Bonchev–Trinajstić information content (AvgIpc) is 3.51. The van der Waals surface area contributed by atoms with E-state index in [1.165, 1.54) is 12.1 Å². The second-order valence-corrected chi connectivity index (χ2v) is 8.28. The highest BCUT2D eigenvalue weighted by Gasteiger charge is 2.22. The van der Waals surface area contributed by atoms with Crippen molar-refractivity contribution in [1.82, 2.24) is 9.38 Å². The molecule has 2 aromatic heterocycles. The number of rotatable bonds is 5. The van der Waals surface area contributed by atoms with Crippen LogP contribution in [-0.2, 0) is 0 Å². The van der Waals surface area contributed by atoms with Crippen LogP contribution in [0.15, 0.2) is 60.2 Å². The lowest BCUT2D eigenvalue weighted by Crippen LogP contribution is -2.23. The fourth-order valence-corrected chi connectivity index (χ4v) is 4.54. The van der Waals surface area contributed by atoms with Gasteiger partial charge in [0.2, 0.25) is 0 Å². The molecule has 0 saturated carbocycles. The normalized spacial score (nSPS) is 13.6. The van der Waals surface area contributed by atoms with Gasteiger partial charge in [-0.3, -0.25) is 19.3 Å². The minimum Gasteiger partial charge on any atom is -0.371 e. The zero-order chi connectivity index (χ0) is 21.4. The number of hydrogen-bond donors (Lipinski definition) is 1. The second-order valence-electron chi connectivity index (χ2n) is 7.40. The lowest BCUT2D eigenvalue weighted by atomic mass is 10.1. The molecular formula is C22H19N5O3S. The highest BCUT2D eigenvalue weighted by atomic mass is 32.1. The van der Waals surface area contributed by atoms with E-state index in [1.807, 2.05) is 46.4 Å². The molecule has 5 rings (SSSR count). The first-order valence-electron chi connectivity index (χ1n) is 9.96. The number of carbonyl (C=O) groups excluding carboxylic acids is 1. The van der Waals surface area contributed by atoms with E-state index in [2.05, 4.69) is 15.2 Å². The zero-order valence-electron chi connectivity index (χ0n) is 16.5. The zero-order valence-corrected chi connectivity index (χ0v) is 17.3. The number of amides is 1. The SMILES string of the molecule is O=C(Nc1ccc(-c2cn3ccsc3n2)cc1)c1cc([N+](=O)[O-])ccc1N1CCCC1. The maximum atomic E-state index is 13.0. The van der Waals surface area contributed by atoms with Crippen LogP contribution in [0.1, 0.15) is 23.2 Å². The lowest BCUT2D eigenvalue weighted by Gasteiger charge is -2.21. The molecule has 1 saturated heterocycles. The molecule has 0 atom stereocenters. The number of nitro benzene ring substituents is 1. The van der Waals surface area contributed by atoms with Crippen molar-refractivity contribution in [2.75, 3.05) is 23.3 Å².